The van der Waals surface area contributed by atoms with Crippen LogP contribution in [0.2, 0.25) is 0 Å². The number of para-hydroxylation sites is 1. The zero-order valence-electron chi connectivity index (χ0n) is 17.7. The van der Waals surface area contributed by atoms with Gasteiger partial charge in [-0.05, 0) is 56.4 Å². The number of aryl methyl sites for hydroxylation is 2. The maximum atomic E-state index is 14.8. The monoisotopic (exact) mass is 481 g/mol. The maximum absolute atomic E-state index is 14.8. The van der Waals surface area contributed by atoms with Gasteiger partial charge in [-0.25, -0.2) is 19.3 Å². The molecule has 1 amide bonds. The number of carbonyl (C=O) groups excluding carboxylic acids is 1. The van der Waals surface area contributed by atoms with Crippen molar-refractivity contribution in [2.24, 2.45) is 0 Å². The van der Waals surface area contributed by atoms with Gasteiger partial charge in [0, 0.05) is 17.3 Å². The van der Waals surface area contributed by atoms with E-state index in [1.807, 2.05) is 0 Å². The number of nitrogens with one attached hydrogen (secondary N) is 1. The van der Waals surface area contributed by atoms with Crippen LogP contribution in [0.25, 0.3) is 15.9 Å². The lowest BCUT2D eigenvalue weighted by Gasteiger charge is -2.16. The summed E-state index contributed by atoms with van der Waals surface area (Å²) in [6.07, 6.45) is 6.92. The van der Waals surface area contributed by atoms with Crippen LogP contribution < -0.4 is 10.9 Å². The minimum Gasteiger partial charge on any atom is -0.294 e. The Morgan fingerprint density at radius 1 is 1.18 bits per heavy atom. The van der Waals surface area contributed by atoms with Crippen LogP contribution in [-0.4, -0.2) is 30.7 Å². The van der Waals surface area contributed by atoms with Gasteiger partial charge < -0.3 is 0 Å². The van der Waals surface area contributed by atoms with Gasteiger partial charge >= 0.3 is 0 Å². The molecule has 3 heterocycles. The lowest BCUT2D eigenvalue weighted by molar-refractivity contribution is -0.115. The highest BCUT2D eigenvalue weighted by Crippen LogP contribution is 2.36. The van der Waals surface area contributed by atoms with Crippen molar-refractivity contribution in [3.63, 3.8) is 0 Å². The van der Waals surface area contributed by atoms with Gasteiger partial charge in [-0.15, -0.1) is 11.3 Å². The molecule has 33 heavy (non-hydrogen) atoms. The van der Waals surface area contributed by atoms with E-state index >= 15 is 0 Å². The van der Waals surface area contributed by atoms with E-state index in [4.69, 9.17) is 4.98 Å². The van der Waals surface area contributed by atoms with Gasteiger partial charge in [0.15, 0.2) is 5.16 Å². The molecular formula is C23H20FN5O2S2. The third-order valence-corrected chi connectivity index (χ3v) is 7.74. The number of amides is 1. The number of halogens is 1. The number of thioether (sulfide) groups is 1. The molecule has 0 saturated heterocycles. The van der Waals surface area contributed by atoms with Crippen molar-refractivity contribution in [2.45, 2.75) is 43.0 Å². The summed E-state index contributed by atoms with van der Waals surface area (Å²) in [5.74, 6) is -0.677. The number of carbonyl (C=O) groups is 1. The molecule has 0 aliphatic heterocycles. The fourth-order valence-electron chi connectivity index (χ4n) is 3.90. The number of benzene rings is 1. The molecule has 5 rings (SSSR count). The minimum atomic E-state index is -0.634. The average molecular weight is 482 g/mol. The second kappa shape index (κ2) is 9.03. The predicted octanol–water partition coefficient (Wildman–Crippen LogP) is 4.37. The number of anilines is 1. The van der Waals surface area contributed by atoms with Crippen LogP contribution in [0.3, 0.4) is 0 Å². The summed E-state index contributed by atoms with van der Waals surface area (Å²) in [7, 11) is 0. The van der Waals surface area contributed by atoms with Crippen molar-refractivity contribution in [3.8, 4) is 5.69 Å². The van der Waals surface area contributed by atoms with Gasteiger partial charge in [-0.3, -0.25) is 19.5 Å². The van der Waals surface area contributed by atoms with Gasteiger partial charge in [0.25, 0.3) is 5.56 Å². The highest BCUT2D eigenvalue weighted by molar-refractivity contribution is 8.00. The first-order chi connectivity index (χ1) is 16.0. The second-order valence-corrected chi connectivity index (χ2v) is 10.1. The topological polar surface area (TPSA) is 89.8 Å². The molecule has 10 heteroatoms. The van der Waals surface area contributed by atoms with Crippen molar-refractivity contribution in [3.05, 3.63) is 69.3 Å². The number of hydrogen-bond donors (Lipinski definition) is 1. The molecule has 0 bridgehead atoms. The first-order valence-corrected chi connectivity index (χ1v) is 12.3. The SMILES string of the molecule is CC(Sc1nc2sc3c(c2c(=O)n1-c1ccccc1F)CCCC3)C(=O)Nc1ncccn1. The fourth-order valence-corrected chi connectivity index (χ4v) is 6.12. The van der Waals surface area contributed by atoms with Crippen LogP contribution in [-0.2, 0) is 17.6 Å². The van der Waals surface area contributed by atoms with Crippen LogP contribution in [0, 0.1) is 5.82 Å². The molecule has 1 aromatic carbocycles. The molecule has 3 aromatic heterocycles. The van der Waals surface area contributed by atoms with E-state index in [1.165, 1.54) is 39.2 Å². The standard InChI is InChI=1S/C23H20FN5O2S2/c1-13(19(30)27-22-25-11-6-12-26-22)32-23-28-20-18(14-7-2-5-10-17(14)33-20)21(31)29(23)16-9-4-3-8-15(16)24/h3-4,6,8-9,11-13H,2,5,7,10H2,1H3,(H,25,26,27,30). The number of aromatic nitrogens is 4. The summed E-state index contributed by atoms with van der Waals surface area (Å²) in [5, 5.41) is 2.86. The van der Waals surface area contributed by atoms with E-state index in [0.717, 1.165) is 43.0 Å². The Balaban J connectivity index is 1.60. The molecule has 1 unspecified atom stereocenters. The molecule has 0 fully saturated rings. The van der Waals surface area contributed by atoms with E-state index in [1.54, 1.807) is 31.2 Å². The number of rotatable bonds is 5. The molecule has 4 aromatic rings. The summed E-state index contributed by atoms with van der Waals surface area (Å²) in [4.78, 5) is 41.0. The van der Waals surface area contributed by atoms with Crippen LogP contribution >= 0.6 is 23.1 Å². The lowest BCUT2D eigenvalue weighted by atomic mass is 9.97. The zero-order chi connectivity index (χ0) is 22.9. The summed E-state index contributed by atoms with van der Waals surface area (Å²) in [5.41, 5.74) is 0.854. The van der Waals surface area contributed by atoms with Crippen molar-refractivity contribution in [1.29, 1.82) is 0 Å². The van der Waals surface area contributed by atoms with Gasteiger partial charge in [0.05, 0.1) is 16.3 Å². The second-order valence-electron chi connectivity index (χ2n) is 7.70. The van der Waals surface area contributed by atoms with Crippen LogP contribution in [0.5, 0.6) is 0 Å². The Morgan fingerprint density at radius 2 is 1.94 bits per heavy atom. The van der Waals surface area contributed by atoms with Crippen LogP contribution in [0.4, 0.5) is 10.3 Å². The highest BCUT2D eigenvalue weighted by Gasteiger charge is 2.26. The third-order valence-electron chi connectivity index (χ3n) is 5.50. The van der Waals surface area contributed by atoms with Gasteiger partial charge in [-0.1, -0.05) is 23.9 Å². The van der Waals surface area contributed by atoms with Crippen molar-refractivity contribution >= 4 is 45.2 Å². The van der Waals surface area contributed by atoms with Gasteiger partial charge in [0.1, 0.15) is 10.6 Å². The molecule has 7 nitrogen and oxygen atoms in total. The van der Waals surface area contributed by atoms with E-state index in [-0.39, 0.29) is 28.3 Å². The van der Waals surface area contributed by atoms with E-state index in [9.17, 15) is 14.0 Å². The van der Waals surface area contributed by atoms with E-state index in [0.29, 0.717) is 10.2 Å². The molecule has 1 N–H and O–H groups in total. The van der Waals surface area contributed by atoms with Crippen molar-refractivity contribution in [1.82, 2.24) is 19.5 Å². The molecule has 1 aliphatic rings. The maximum Gasteiger partial charge on any atom is 0.267 e. The number of thiophene rings is 1. The summed E-state index contributed by atoms with van der Waals surface area (Å²) < 4.78 is 16.1. The predicted molar refractivity (Wildman–Crippen MR) is 128 cm³/mol. The molecule has 0 spiro atoms. The quantitative estimate of drug-likeness (QED) is 0.336. The molecule has 0 radical (unpaired) electrons. The normalized spacial score (nSPS) is 14.1. The fraction of sp³-hybridized carbons (Fsp3) is 0.261. The Bertz CT molecular complexity index is 1400. The first-order valence-electron chi connectivity index (χ1n) is 10.6. The van der Waals surface area contributed by atoms with Crippen molar-refractivity contribution < 1.29 is 9.18 Å². The van der Waals surface area contributed by atoms with Crippen LogP contribution in [0.15, 0.2) is 52.7 Å². The van der Waals surface area contributed by atoms with Crippen LogP contribution in [0.1, 0.15) is 30.2 Å². The van der Waals surface area contributed by atoms with Crippen molar-refractivity contribution in [2.75, 3.05) is 5.32 Å². The van der Waals surface area contributed by atoms with Gasteiger partial charge in [0.2, 0.25) is 11.9 Å². The Labute approximate surface area is 197 Å². The number of hydrogen-bond acceptors (Lipinski definition) is 7. The molecule has 0 saturated carbocycles. The minimum absolute atomic E-state index is 0.120. The third kappa shape index (κ3) is 4.16. The first kappa shape index (κ1) is 21.7. The molecule has 168 valence electrons. The molecule has 1 atom stereocenters. The number of fused-ring (bicyclic) bond motifs is 3. The Hall–Kier alpha value is -3.11. The lowest BCUT2D eigenvalue weighted by Crippen LogP contribution is -2.27. The summed E-state index contributed by atoms with van der Waals surface area (Å²) in [6, 6.07) is 7.77. The Kier molecular flexibility index (Phi) is 5.94. The summed E-state index contributed by atoms with van der Waals surface area (Å²) >= 11 is 2.62. The highest BCUT2D eigenvalue weighted by atomic mass is 32.2. The molecule has 1 aliphatic carbocycles. The van der Waals surface area contributed by atoms with E-state index in [2.05, 4.69) is 15.3 Å². The summed E-state index contributed by atoms with van der Waals surface area (Å²) in [6.45, 7) is 1.70. The zero-order valence-corrected chi connectivity index (χ0v) is 19.4. The number of nitrogens with zero attached hydrogens (tertiary/aromatic N) is 4. The average Bonchev–Trinajstić information content (AvgIpc) is 3.19. The largest absolute Gasteiger partial charge is 0.294 e. The van der Waals surface area contributed by atoms with Gasteiger partial charge in [-0.2, -0.15) is 0 Å². The van der Waals surface area contributed by atoms with E-state index < -0.39 is 11.1 Å². The molecular weight excluding hydrogens is 461 g/mol. The Morgan fingerprint density at radius 3 is 2.73 bits per heavy atom. The smallest absolute Gasteiger partial charge is 0.267 e.